The molecule has 0 aliphatic heterocycles. The summed E-state index contributed by atoms with van der Waals surface area (Å²) >= 11 is 0. The van der Waals surface area contributed by atoms with Crippen LogP contribution in [-0.2, 0) is 9.59 Å². The molecule has 126 valence electrons. The lowest BCUT2D eigenvalue weighted by Gasteiger charge is -2.27. The number of amides is 2. The first kappa shape index (κ1) is 17.5. The molecule has 0 atom stereocenters. The van der Waals surface area contributed by atoms with Crippen molar-refractivity contribution >= 4 is 17.5 Å². The number of hydrogen-bond acceptors (Lipinski definition) is 2. The molecular weight excluding hydrogens is 288 g/mol. The zero-order valence-electron chi connectivity index (χ0n) is 14.4. The van der Waals surface area contributed by atoms with Crippen molar-refractivity contribution in [3.05, 3.63) is 29.3 Å². The Hall–Kier alpha value is -1.84. The van der Waals surface area contributed by atoms with Crippen LogP contribution in [0.3, 0.4) is 0 Å². The van der Waals surface area contributed by atoms with E-state index in [0.717, 1.165) is 55.5 Å². The molecule has 2 N–H and O–H groups in total. The highest BCUT2D eigenvalue weighted by atomic mass is 16.2. The van der Waals surface area contributed by atoms with Gasteiger partial charge in [-0.25, -0.2) is 0 Å². The van der Waals surface area contributed by atoms with Crippen molar-refractivity contribution in [3.63, 3.8) is 0 Å². The van der Waals surface area contributed by atoms with Gasteiger partial charge in [0.05, 0.1) is 0 Å². The lowest BCUT2D eigenvalue weighted by atomic mass is 9.81. The fourth-order valence-electron chi connectivity index (χ4n) is 3.12. The Morgan fingerprint density at radius 1 is 1.04 bits per heavy atom. The Balaban J connectivity index is 1.86. The maximum Gasteiger partial charge on any atom is 0.227 e. The minimum Gasteiger partial charge on any atom is -0.356 e. The molecule has 0 heterocycles. The molecule has 1 fully saturated rings. The zero-order chi connectivity index (χ0) is 16.8. The Bertz CT molecular complexity index is 560. The monoisotopic (exact) mass is 316 g/mol. The number of carbonyl (C=O) groups is 2. The Kier molecular flexibility index (Phi) is 6.20. The predicted molar refractivity (Wildman–Crippen MR) is 93.3 cm³/mol. The second-order valence-corrected chi connectivity index (χ2v) is 6.65. The molecular formula is C19H28N2O2. The molecule has 1 aliphatic carbocycles. The van der Waals surface area contributed by atoms with Gasteiger partial charge in [0.1, 0.15) is 0 Å². The topological polar surface area (TPSA) is 58.2 Å². The van der Waals surface area contributed by atoms with Gasteiger partial charge >= 0.3 is 0 Å². The number of aryl methyl sites for hydroxylation is 2. The van der Waals surface area contributed by atoms with Gasteiger partial charge in [0, 0.05) is 24.1 Å². The van der Waals surface area contributed by atoms with Crippen LogP contribution in [0.15, 0.2) is 18.2 Å². The van der Waals surface area contributed by atoms with E-state index in [2.05, 4.69) is 17.6 Å². The molecule has 2 amide bonds. The Morgan fingerprint density at radius 2 is 1.65 bits per heavy atom. The van der Waals surface area contributed by atoms with Crippen LogP contribution in [0.2, 0.25) is 0 Å². The largest absolute Gasteiger partial charge is 0.356 e. The van der Waals surface area contributed by atoms with Gasteiger partial charge < -0.3 is 10.6 Å². The third kappa shape index (κ3) is 4.81. The summed E-state index contributed by atoms with van der Waals surface area (Å²) in [5.74, 6) is 0.336. The summed E-state index contributed by atoms with van der Waals surface area (Å²) in [4.78, 5) is 24.5. The van der Waals surface area contributed by atoms with Gasteiger partial charge in [-0.2, -0.15) is 0 Å². The molecule has 4 heteroatoms. The van der Waals surface area contributed by atoms with Crippen LogP contribution in [0.5, 0.6) is 0 Å². The van der Waals surface area contributed by atoms with Crippen molar-refractivity contribution in [2.24, 2.45) is 11.8 Å². The van der Waals surface area contributed by atoms with Gasteiger partial charge in [0.2, 0.25) is 11.8 Å². The SMILES string of the molecule is CCCNC(=O)C1CCC(C(=O)Nc2cc(C)ccc2C)CC1. The number of benzene rings is 1. The Morgan fingerprint density at radius 3 is 2.26 bits per heavy atom. The summed E-state index contributed by atoms with van der Waals surface area (Å²) < 4.78 is 0. The van der Waals surface area contributed by atoms with Gasteiger partial charge in [-0.05, 0) is 63.1 Å². The summed E-state index contributed by atoms with van der Waals surface area (Å²) in [6, 6.07) is 6.09. The summed E-state index contributed by atoms with van der Waals surface area (Å²) in [5.41, 5.74) is 3.12. The van der Waals surface area contributed by atoms with Crippen molar-refractivity contribution in [3.8, 4) is 0 Å². The molecule has 0 spiro atoms. The quantitative estimate of drug-likeness (QED) is 0.872. The second-order valence-electron chi connectivity index (χ2n) is 6.65. The van der Waals surface area contributed by atoms with E-state index in [9.17, 15) is 9.59 Å². The molecule has 0 unspecified atom stereocenters. The summed E-state index contributed by atoms with van der Waals surface area (Å²) in [6.07, 6.45) is 4.15. The minimum absolute atomic E-state index is 0.0186. The third-order valence-corrected chi connectivity index (χ3v) is 4.67. The van der Waals surface area contributed by atoms with E-state index in [1.807, 2.05) is 32.0 Å². The summed E-state index contributed by atoms with van der Waals surface area (Å²) in [6.45, 7) is 6.82. The van der Waals surface area contributed by atoms with Gasteiger partial charge in [-0.3, -0.25) is 9.59 Å². The highest BCUT2D eigenvalue weighted by Gasteiger charge is 2.29. The minimum atomic E-state index is 0.0186. The molecule has 1 aliphatic rings. The van der Waals surface area contributed by atoms with Crippen LogP contribution >= 0.6 is 0 Å². The molecule has 1 aromatic rings. The molecule has 0 aromatic heterocycles. The van der Waals surface area contributed by atoms with E-state index >= 15 is 0 Å². The zero-order valence-corrected chi connectivity index (χ0v) is 14.4. The van der Waals surface area contributed by atoms with Crippen LogP contribution in [0, 0.1) is 25.7 Å². The van der Waals surface area contributed by atoms with E-state index in [1.165, 1.54) is 0 Å². The van der Waals surface area contributed by atoms with E-state index in [-0.39, 0.29) is 23.7 Å². The first-order valence-corrected chi connectivity index (χ1v) is 8.67. The smallest absolute Gasteiger partial charge is 0.227 e. The van der Waals surface area contributed by atoms with Crippen LogP contribution in [-0.4, -0.2) is 18.4 Å². The number of nitrogens with one attached hydrogen (secondary N) is 2. The molecule has 23 heavy (non-hydrogen) atoms. The van der Waals surface area contributed by atoms with Crippen LogP contribution in [0.1, 0.15) is 50.2 Å². The standard InChI is InChI=1S/C19H28N2O2/c1-4-11-20-18(22)15-7-9-16(10-8-15)19(23)21-17-12-13(2)5-6-14(17)3/h5-6,12,15-16H,4,7-11H2,1-3H3,(H,20,22)(H,21,23). The number of hydrogen-bond donors (Lipinski definition) is 2. The summed E-state index contributed by atoms with van der Waals surface area (Å²) in [5, 5.41) is 6.02. The molecule has 4 nitrogen and oxygen atoms in total. The highest BCUT2D eigenvalue weighted by Crippen LogP contribution is 2.30. The maximum atomic E-state index is 12.5. The molecule has 1 saturated carbocycles. The van der Waals surface area contributed by atoms with Crippen LogP contribution in [0.25, 0.3) is 0 Å². The van der Waals surface area contributed by atoms with Crippen LogP contribution < -0.4 is 10.6 Å². The third-order valence-electron chi connectivity index (χ3n) is 4.67. The maximum absolute atomic E-state index is 12.5. The van der Waals surface area contributed by atoms with Crippen LogP contribution in [0.4, 0.5) is 5.69 Å². The van der Waals surface area contributed by atoms with Gasteiger partial charge in [-0.1, -0.05) is 19.1 Å². The molecule has 1 aromatic carbocycles. The van der Waals surface area contributed by atoms with E-state index in [4.69, 9.17) is 0 Å². The normalized spacial score (nSPS) is 20.8. The molecule has 0 bridgehead atoms. The lowest BCUT2D eigenvalue weighted by molar-refractivity contribution is -0.128. The van der Waals surface area contributed by atoms with Crippen molar-refractivity contribution in [2.75, 3.05) is 11.9 Å². The first-order valence-electron chi connectivity index (χ1n) is 8.67. The van der Waals surface area contributed by atoms with Gasteiger partial charge in [0.25, 0.3) is 0 Å². The second kappa shape index (κ2) is 8.14. The van der Waals surface area contributed by atoms with Crippen molar-refractivity contribution in [2.45, 2.75) is 52.9 Å². The molecule has 0 saturated heterocycles. The fraction of sp³-hybridized carbons (Fsp3) is 0.579. The van der Waals surface area contributed by atoms with Crippen molar-refractivity contribution in [1.29, 1.82) is 0 Å². The lowest BCUT2D eigenvalue weighted by Crippen LogP contribution is -2.35. The first-order chi connectivity index (χ1) is 11.0. The van der Waals surface area contributed by atoms with Crippen molar-refractivity contribution in [1.82, 2.24) is 5.32 Å². The summed E-state index contributed by atoms with van der Waals surface area (Å²) in [7, 11) is 0. The highest BCUT2D eigenvalue weighted by molar-refractivity contribution is 5.93. The average Bonchev–Trinajstić information content (AvgIpc) is 2.56. The van der Waals surface area contributed by atoms with E-state index in [0.29, 0.717) is 0 Å². The number of carbonyl (C=O) groups excluding carboxylic acids is 2. The molecule has 0 radical (unpaired) electrons. The van der Waals surface area contributed by atoms with E-state index < -0.39 is 0 Å². The van der Waals surface area contributed by atoms with Gasteiger partial charge in [-0.15, -0.1) is 0 Å². The Labute approximate surface area is 139 Å². The predicted octanol–water partition coefficient (Wildman–Crippen LogP) is 3.57. The average molecular weight is 316 g/mol. The van der Waals surface area contributed by atoms with Gasteiger partial charge in [0.15, 0.2) is 0 Å². The fourth-order valence-corrected chi connectivity index (χ4v) is 3.12. The number of anilines is 1. The van der Waals surface area contributed by atoms with E-state index in [1.54, 1.807) is 0 Å². The van der Waals surface area contributed by atoms with Crippen molar-refractivity contribution < 1.29 is 9.59 Å². The number of rotatable bonds is 5. The molecule has 2 rings (SSSR count).